The Kier molecular flexibility index (Phi) is 52.0. The van der Waals surface area contributed by atoms with E-state index in [-0.39, 0.29) is 24.9 Å². The highest BCUT2D eigenvalue weighted by atomic mass is 16.5. The van der Waals surface area contributed by atoms with E-state index in [1.54, 1.807) is 0 Å². The first kappa shape index (κ1) is 63.8. The van der Waals surface area contributed by atoms with E-state index in [9.17, 15) is 19.8 Å². The summed E-state index contributed by atoms with van der Waals surface area (Å²) < 4.78 is 5.95. The minimum absolute atomic E-state index is 0.0679. The van der Waals surface area contributed by atoms with Crippen molar-refractivity contribution in [3.8, 4) is 0 Å². The highest BCUT2D eigenvalue weighted by molar-refractivity contribution is 5.77. The van der Waals surface area contributed by atoms with Gasteiger partial charge in [0, 0.05) is 6.42 Å². The number of rotatable bonds is 52. The molecular weight excluding hydrogens is 815 g/mol. The molecule has 0 fully saturated rings. The summed E-state index contributed by atoms with van der Waals surface area (Å²) in [6, 6.07) is -0.707. The van der Waals surface area contributed by atoms with Crippen LogP contribution in [-0.2, 0) is 14.3 Å². The number of esters is 1. The third-order valence-electron chi connectivity index (χ3n) is 13.2. The summed E-state index contributed by atoms with van der Waals surface area (Å²) in [4.78, 5) is 26.3. The molecule has 3 atom stereocenters. The summed E-state index contributed by atoms with van der Waals surface area (Å²) in [6.45, 7) is 6.40. The van der Waals surface area contributed by atoms with Gasteiger partial charge in [-0.1, -0.05) is 268 Å². The Balaban J connectivity index is 4.57. The Morgan fingerprint density at radius 1 is 0.455 bits per heavy atom. The van der Waals surface area contributed by atoms with E-state index in [2.05, 4.69) is 74.7 Å². The number of carbonyl (C=O) groups excluding carboxylic acids is 2. The second kappa shape index (κ2) is 53.8. The zero-order chi connectivity index (χ0) is 48.1. The number of carbonyl (C=O) groups is 2. The van der Waals surface area contributed by atoms with Crippen molar-refractivity contribution in [1.29, 1.82) is 0 Å². The van der Waals surface area contributed by atoms with E-state index in [4.69, 9.17) is 4.74 Å². The molecular formula is C60H111NO5. The number of aliphatic hydroxyl groups is 2. The van der Waals surface area contributed by atoms with E-state index in [0.717, 1.165) is 83.5 Å². The van der Waals surface area contributed by atoms with Crippen molar-refractivity contribution >= 4 is 11.9 Å². The number of nitrogens with one attached hydrogen (secondary N) is 1. The van der Waals surface area contributed by atoms with Crippen LogP contribution in [0.25, 0.3) is 0 Å². The lowest BCUT2D eigenvalue weighted by atomic mass is 10.0. The van der Waals surface area contributed by atoms with Gasteiger partial charge in [-0.15, -0.1) is 0 Å². The molecule has 1 amide bonds. The summed E-state index contributed by atoms with van der Waals surface area (Å²) in [5.74, 6) is -0.496. The van der Waals surface area contributed by atoms with Crippen molar-refractivity contribution in [2.24, 2.45) is 0 Å². The van der Waals surface area contributed by atoms with Crippen LogP contribution in [-0.4, -0.2) is 46.9 Å². The number of unbranched alkanes of at least 4 members (excludes halogenated alkanes) is 32. The fraction of sp³-hybridized carbons (Fsp3) is 0.833. The lowest BCUT2D eigenvalue weighted by Crippen LogP contribution is -2.46. The van der Waals surface area contributed by atoms with Gasteiger partial charge in [-0.3, -0.25) is 9.59 Å². The number of ether oxygens (including phenoxy) is 1. The average molecular weight is 927 g/mol. The van der Waals surface area contributed by atoms with Crippen molar-refractivity contribution in [1.82, 2.24) is 5.32 Å². The normalized spacial score (nSPS) is 13.5. The second-order valence-electron chi connectivity index (χ2n) is 19.7. The van der Waals surface area contributed by atoms with E-state index in [1.165, 1.54) is 167 Å². The molecule has 0 aromatic carbocycles. The molecule has 0 saturated heterocycles. The maximum Gasteiger partial charge on any atom is 0.306 e. The van der Waals surface area contributed by atoms with Crippen LogP contribution in [0.3, 0.4) is 0 Å². The van der Waals surface area contributed by atoms with Crippen LogP contribution in [0.2, 0.25) is 0 Å². The average Bonchev–Trinajstić information content (AvgIpc) is 3.31. The van der Waals surface area contributed by atoms with Gasteiger partial charge < -0.3 is 20.3 Å². The van der Waals surface area contributed by atoms with Crippen LogP contribution in [0, 0.1) is 0 Å². The molecule has 0 bridgehead atoms. The van der Waals surface area contributed by atoms with Gasteiger partial charge in [-0.05, 0) is 64.2 Å². The summed E-state index contributed by atoms with van der Waals surface area (Å²) in [5.41, 5.74) is 0. The minimum Gasteiger partial charge on any atom is -0.462 e. The first-order chi connectivity index (χ1) is 32.5. The molecule has 3 unspecified atom stereocenters. The van der Waals surface area contributed by atoms with E-state index in [1.807, 2.05) is 0 Å². The number of aliphatic hydroxyl groups excluding tert-OH is 2. The molecule has 0 saturated carbocycles. The lowest BCUT2D eigenvalue weighted by Gasteiger charge is -2.24. The fourth-order valence-electron chi connectivity index (χ4n) is 8.84. The summed E-state index contributed by atoms with van der Waals surface area (Å²) in [7, 11) is 0. The highest BCUT2D eigenvalue weighted by Gasteiger charge is 2.24. The topological polar surface area (TPSA) is 95.9 Å². The summed E-state index contributed by atoms with van der Waals surface area (Å²) in [5, 5.41) is 23.9. The largest absolute Gasteiger partial charge is 0.462 e. The van der Waals surface area contributed by atoms with Gasteiger partial charge in [0.05, 0.1) is 25.2 Å². The molecule has 0 heterocycles. The van der Waals surface area contributed by atoms with Crippen LogP contribution >= 0.6 is 0 Å². The molecule has 0 aliphatic rings. The molecule has 0 aromatic rings. The van der Waals surface area contributed by atoms with Gasteiger partial charge >= 0.3 is 5.97 Å². The fourth-order valence-corrected chi connectivity index (χ4v) is 8.84. The molecule has 0 rings (SSSR count). The monoisotopic (exact) mass is 926 g/mol. The van der Waals surface area contributed by atoms with Gasteiger partial charge in [0.1, 0.15) is 6.10 Å². The molecule has 0 aliphatic heterocycles. The van der Waals surface area contributed by atoms with Gasteiger partial charge in [-0.25, -0.2) is 0 Å². The summed E-state index contributed by atoms with van der Waals surface area (Å²) in [6.07, 6.45) is 66.0. The number of amides is 1. The zero-order valence-electron chi connectivity index (χ0n) is 44.1. The Hall–Kier alpha value is -2.18. The quantitative estimate of drug-likeness (QED) is 0.0321. The van der Waals surface area contributed by atoms with Crippen LogP contribution in [0.5, 0.6) is 0 Å². The minimum atomic E-state index is -0.793. The molecule has 0 aliphatic carbocycles. The third kappa shape index (κ3) is 48.3. The molecule has 0 aromatic heterocycles. The van der Waals surface area contributed by atoms with E-state index >= 15 is 0 Å². The molecule has 6 heteroatoms. The lowest BCUT2D eigenvalue weighted by molar-refractivity contribution is -0.151. The third-order valence-corrected chi connectivity index (χ3v) is 13.2. The molecule has 0 spiro atoms. The van der Waals surface area contributed by atoms with Gasteiger partial charge in [-0.2, -0.15) is 0 Å². The first-order valence-electron chi connectivity index (χ1n) is 28.9. The maximum atomic E-state index is 13.3. The molecule has 3 N–H and O–H groups in total. The van der Waals surface area contributed by atoms with Crippen LogP contribution in [0.1, 0.15) is 297 Å². The van der Waals surface area contributed by atoms with Crippen LogP contribution < -0.4 is 5.32 Å². The van der Waals surface area contributed by atoms with Crippen LogP contribution in [0.15, 0.2) is 48.6 Å². The van der Waals surface area contributed by atoms with Crippen molar-refractivity contribution in [3.63, 3.8) is 0 Å². The molecule has 386 valence electrons. The number of hydrogen-bond acceptors (Lipinski definition) is 5. The Labute approximate surface area is 410 Å². The number of hydrogen-bond donors (Lipinski definition) is 3. The predicted octanol–water partition coefficient (Wildman–Crippen LogP) is 17.8. The standard InChI is InChI=1S/C60H111NO5/c1-4-7-10-13-16-19-22-25-28-31-34-37-40-43-46-49-52-58(63)57(55-62)61-59(64)54-56(51-48-45-42-39-36-33-30-27-24-21-18-15-12-9-6-3)66-60(65)53-50-47-44-41-38-35-32-29-26-23-20-17-14-11-8-5-2/h8,11,17,20,26,29,35,38,56-58,62-63H,4-7,9-10,12-16,18-19,21-25,27-28,30-34,36-37,39-55H2,1-3H3,(H,61,64)/b11-8+,20-17+,29-26+,38-35+. The van der Waals surface area contributed by atoms with Crippen molar-refractivity contribution < 1.29 is 24.5 Å². The van der Waals surface area contributed by atoms with E-state index < -0.39 is 18.2 Å². The van der Waals surface area contributed by atoms with Crippen molar-refractivity contribution in [2.75, 3.05) is 6.61 Å². The number of allylic oxidation sites excluding steroid dienone is 8. The molecule has 66 heavy (non-hydrogen) atoms. The predicted molar refractivity (Wildman–Crippen MR) is 287 cm³/mol. The van der Waals surface area contributed by atoms with E-state index in [0.29, 0.717) is 19.3 Å². The Bertz CT molecular complexity index is 1130. The van der Waals surface area contributed by atoms with Crippen molar-refractivity contribution in [2.45, 2.75) is 315 Å². The smallest absolute Gasteiger partial charge is 0.306 e. The van der Waals surface area contributed by atoms with Gasteiger partial charge in [0.2, 0.25) is 5.91 Å². The molecule has 6 nitrogen and oxygen atoms in total. The summed E-state index contributed by atoms with van der Waals surface area (Å²) >= 11 is 0. The maximum absolute atomic E-state index is 13.3. The van der Waals surface area contributed by atoms with Crippen molar-refractivity contribution in [3.05, 3.63) is 48.6 Å². The molecule has 0 radical (unpaired) electrons. The second-order valence-corrected chi connectivity index (χ2v) is 19.7. The van der Waals surface area contributed by atoms with Gasteiger partial charge in [0.15, 0.2) is 0 Å². The Morgan fingerprint density at radius 3 is 1.23 bits per heavy atom. The van der Waals surface area contributed by atoms with Gasteiger partial charge in [0.25, 0.3) is 0 Å². The zero-order valence-corrected chi connectivity index (χ0v) is 44.1. The SMILES string of the molecule is CC/C=C/C/C=C/C/C=C/C/C=C/CCCCCC(=O)OC(CCCCCCCCCCCCCCCCC)CC(=O)NC(CO)C(O)CCCCCCCCCCCCCCCCCC. The highest BCUT2D eigenvalue weighted by Crippen LogP contribution is 2.19. The first-order valence-corrected chi connectivity index (χ1v) is 28.9. The Morgan fingerprint density at radius 2 is 0.818 bits per heavy atom. The van der Waals surface area contributed by atoms with Crippen LogP contribution in [0.4, 0.5) is 0 Å².